The molecule has 0 unspecified atom stereocenters. The van der Waals surface area contributed by atoms with E-state index in [2.05, 4.69) is 46.9 Å². The SMILES string of the molecule is C[C@H]1CC(C)(C)NC(C)(C)[C@H]1C. The highest BCUT2D eigenvalue weighted by Gasteiger charge is 2.41. The fraction of sp³-hybridized carbons (Fsp3) is 1.00. The predicted molar refractivity (Wildman–Crippen MR) is 54.2 cm³/mol. The van der Waals surface area contributed by atoms with Gasteiger partial charge in [-0.3, -0.25) is 0 Å². The zero-order valence-corrected chi connectivity index (χ0v) is 9.36. The van der Waals surface area contributed by atoms with Gasteiger partial charge in [0.15, 0.2) is 0 Å². The van der Waals surface area contributed by atoms with Crippen LogP contribution in [-0.2, 0) is 0 Å². The summed E-state index contributed by atoms with van der Waals surface area (Å²) in [5.41, 5.74) is 0.608. The summed E-state index contributed by atoms with van der Waals surface area (Å²) in [6.45, 7) is 14.0. The maximum atomic E-state index is 3.71. The van der Waals surface area contributed by atoms with Gasteiger partial charge in [-0.25, -0.2) is 0 Å². The second-order valence-corrected chi connectivity index (χ2v) is 5.70. The molecule has 12 heavy (non-hydrogen) atoms. The van der Waals surface area contributed by atoms with Crippen molar-refractivity contribution >= 4 is 0 Å². The molecule has 1 N–H and O–H groups in total. The second-order valence-electron chi connectivity index (χ2n) is 5.70. The lowest BCUT2D eigenvalue weighted by atomic mass is 9.69. The van der Waals surface area contributed by atoms with Crippen LogP contribution >= 0.6 is 0 Å². The summed E-state index contributed by atoms with van der Waals surface area (Å²) in [5, 5.41) is 3.71. The van der Waals surface area contributed by atoms with Gasteiger partial charge in [-0.1, -0.05) is 13.8 Å². The third-order valence-corrected chi connectivity index (χ3v) is 3.48. The molecule has 0 amide bonds. The molecule has 0 bridgehead atoms. The Morgan fingerprint density at radius 3 is 2.00 bits per heavy atom. The Bertz CT molecular complexity index is 170. The van der Waals surface area contributed by atoms with E-state index in [-0.39, 0.29) is 0 Å². The maximum absolute atomic E-state index is 3.71. The van der Waals surface area contributed by atoms with Gasteiger partial charge in [0.25, 0.3) is 0 Å². The summed E-state index contributed by atoms with van der Waals surface area (Å²) in [5.74, 6) is 1.60. The van der Waals surface area contributed by atoms with E-state index < -0.39 is 0 Å². The molecule has 0 radical (unpaired) electrons. The van der Waals surface area contributed by atoms with Gasteiger partial charge in [0.2, 0.25) is 0 Å². The Hall–Kier alpha value is -0.0400. The van der Waals surface area contributed by atoms with Crippen molar-refractivity contribution in [2.45, 2.75) is 59.0 Å². The molecule has 1 nitrogen and oxygen atoms in total. The summed E-state index contributed by atoms with van der Waals surface area (Å²) in [6.07, 6.45) is 1.29. The molecular weight excluding hydrogens is 146 g/mol. The minimum Gasteiger partial charge on any atom is -0.307 e. The van der Waals surface area contributed by atoms with Crippen molar-refractivity contribution in [1.82, 2.24) is 5.32 Å². The van der Waals surface area contributed by atoms with Gasteiger partial charge in [0.1, 0.15) is 0 Å². The van der Waals surface area contributed by atoms with Gasteiger partial charge < -0.3 is 5.32 Å². The van der Waals surface area contributed by atoms with Crippen molar-refractivity contribution in [2.24, 2.45) is 11.8 Å². The summed E-state index contributed by atoms with van der Waals surface area (Å²) in [6, 6.07) is 0. The van der Waals surface area contributed by atoms with Crippen molar-refractivity contribution in [3.63, 3.8) is 0 Å². The summed E-state index contributed by atoms with van der Waals surface area (Å²) in [7, 11) is 0. The zero-order valence-electron chi connectivity index (χ0n) is 9.36. The highest BCUT2D eigenvalue weighted by Crippen LogP contribution is 2.36. The normalized spacial score (nSPS) is 39.5. The smallest absolute Gasteiger partial charge is 0.0158 e. The molecule has 0 saturated carbocycles. The number of hydrogen-bond donors (Lipinski definition) is 1. The quantitative estimate of drug-likeness (QED) is 0.588. The van der Waals surface area contributed by atoms with E-state index in [1.807, 2.05) is 0 Å². The van der Waals surface area contributed by atoms with Gasteiger partial charge in [-0.05, 0) is 46.0 Å². The van der Waals surface area contributed by atoms with Crippen LogP contribution in [0.15, 0.2) is 0 Å². The average molecular weight is 169 g/mol. The van der Waals surface area contributed by atoms with Crippen molar-refractivity contribution in [2.75, 3.05) is 0 Å². The van der Waals surface area contributed by atoms with Crippen LogP contribution < -0.4 is 5.32 Å². The van der Waals surface area contributed by atoms with Crippen LogP contribution in [0.25, 0.3) is 0 Å². The van der Waals surface area contributed by atoms with Gasteiger partial charge in [0.05, 0.1) is 0 Å². The topological polar surface area (TPSA) is 12.0 Å². The van der Waals surface area contributed by atoms with Crippen molar-refractivity contribution in [3.8, 4) is 0 Å². The van der Waals surface area contributed by atoms with Crippen molar-refractivity contribution in [3.05, 3.63) is 0 Å². The van der Waals surface area contributed by atoms with Gasteiger partial charge in [-0.2, -0.15) is 0 Å². The van der Waals surface area contributed by atoms with Gasteiger partial charge >= 0.3 is 0 Å². The average Bonchev–Trinajstić information content (AvgIpc) is 1.79. The second kappa shape index (κ2) is 2.73. The molecule has 1 saturated heterocycles. The van der Waals surface area contributed by atoms with Crippen LogP contribution in [-0.4, -0.2) is 11.1 Å². The summed E-state index contributed by atoms with van der Waals surface area (Å²) < 4.78 is 0. The largest absolute Gasteiger partial charge is 0.307 e. The summed E-state index contributed by atoms with van der Waals surface area (Å²) in [4.78, 5) is 0. The molecule has 72 valence electrons. The molecule has 0 aromatic rings. The Balaban J connectivity index is 2.80. The lowest BCUT2D eigenvalue weighted by Crippen LogP contribution is -2.61. The molecule has 1 heterocycles. The minimum absolute atomic E-state index is 0.293. The third-order valence-electron chi connectivity index (χ3n) is 3.48. The van der Waals surface area contributed by atoms with Crippen LogP contribution in [0.3, 0.4) is 0 Å². The number of hydrogen-bond acceptors (Lipinski definition) is 1. The molecule has 2 atom stereocenters. The molecule has 0 aliphatic carbocycles. The Morgan fingerprint density at radius 2 is 1.58 bits per heavy atom. The molecule has 1 aliphatic rings. The van der Waals surface area contributed by atoms with Crippen LogP contribution in [0.2, 0.25) is 0 Å². The molecule has 0 aromatic heterocycles. The van der Waals surface area contributed by atoms with Crippen LogP contribution in [0, 0.1) is 11.8 Å². The molecule has 1 rings (SSSR count). The van der Waals surface area contributed by atoms with Gasteiger partial charge in [-0.15, -0.1) is 0 Å². The molecule has 1 heteroatoms. The molecule has 1 aliphatic heterocycles. The number of piperidine rings is 1. The first-order valence-corrected chi connectivity index (χ1v) is 5.04. The first-order valence-electron chi connectivity index (χ1n) is 5.04. The lowest BCUT2D eigenvalue weighted by molar-refractivity contribution is 0.0734. The van der Waals surface area contributed by atoms with E-state index >= 15 is 0 Å². The molecular formula is C11H23N. The Kier molecular flexibility index (Phi) is 2.28. The number of nitrogens with one attached hydrogen (secondary N) is 1. The lowest BCUT2D eigenvalue weighted by Gasteiger charge is -2.50. The highest BCUT2D eigenvalue weighted by molar-refractivity contribution is 4.99. The fourth-order valence-corrected chi connectivity index (χ4v) is 2.73. The van der Waals surface area contributed by atoms with E-state index in [4.69, 9.17) is 0 Å². The minimum atomic E-state index is 0.293. The fourth-order valence-electron chi connectivity index (χ4n) is 2.73. The van der Waals surface area contributed by atoms with Crippen LogP contribution in [0.5, 0.6) is 0 Å². The molecule has 1 fully saturated rings. The van der Waals surface area contributed by atoms with E-state index in [1.54, 1.807) is 0 Å². The summed E-state index contributed by atoms with van der Waals surface area (Å²) >= 11 is 0. The first-order chi connectivity index (χ1) is 5.25. The monoisotopic (exact) mass is 169 g/mol. The van der Waals surface area contributed by atoms with E-state index in [1.165, 1.54) is 6.42 Å². The standard InChI is InChI=1S/C11H23N/c1-8-7-10(3,4)12-11(5,6)9(8)2/h8-9,12H,7H2,1-6H3/t8-,9-/m0/s1. The Morgan fingerprint density at radius 1 is 1.08 bits per heavy atom. The first kappa shape index (κ1) is 10.0. The Labute approximate surface area is 76.9 Å². The molecule has 0 aromatic carbocycles. The van der Waals surface area contributed by atoms with E-state index in [0.29, 0.717) is 11.1 Å². The van der Waals surface area contributed by atoms with Crippen LogP contribution in [0.4, 0.5) is 0 Å². The third kappa shape index (κ3) is 1.82. The van der Waals surface area contributed by atoms with E-state index in [0.717, 1.165) is 11.8 Å². The highest BCUT2D eigenvalue weighted by atomic mass is 15.1. The molecule has 0 spiro atoms. The van der Waals surface area contributed by atoms with E-state index in [9.17, 15) is 0 Å². The van der Waals surface area contributed by atoms with Crippen molar-refractivity contribution < 1.29 is 0 Å². The maximum Gasteiger partial charge on any atom is 0.0158 e. The predicted octanol–water partition coefficient (Wildman–Crippen LogP) is 2.81. The van der Waals surface area contributed by atoms with Crippen molar-refractivity contribution in [1.29, 1.82) is 0 Å². The van der Waals surface area contributed by atoms with Crippen LogP contribution in [0.1, 0.15) is 48.0 Å². The van der Waals surface area contributed by atoms with Gasteiger partial charge in [0, 0.05) is 11.1 Å². The zero-order chi connectivity index (χ0) is 9.57. The number of rotatable bonds is 0.